The predicted octanol–water partition coefficient (Wildman–Crippen LogP) is 3.45. The van der Waals surface area contributed by atoms with Gasteiger partial charge in [0.2, 0.25) is 12.7 Å². The third-order valence-electron chi connectivity index (χ3n) is 6.11. The van der Waals surface area contributed by atoms with Crippen molar-refractivity contribution in [2.24, 2.45) is 5.41 Å². The average Bonchev–Trinajstić information content (AvgIpc) is 3.27. The van der Waals surface area contributed by atoms with E-state index in [4.69, 9.17) is 14.2 Å². The number of nitrogens with zero attached hydrogens (tertiary/aromatic N) is 2. The van der Waals surface area contributed by atoms with E-state index in [9.17, 15) is 4.79 Å². The Bertz CT molecular complexity index is 931. The molecule has 1 fully saturated rings. The predicted molar refractivity (Wildman–Crippen MR) is 125 cm³/mol. The van der Waals surface area contributed by atoms with Gasteiger partial charge >= 0.3 is 0 Å². The van der Waals surface area contributed by atoms with Gasteiger partial charge in [0.1, 0.15) is 5.75 Å². The molecule has 0 radical (unpaired) electrons. The maximum Gasteiger partial charge on any atom is 0.231 e. The van der Waals surface area contributed by atoms with Crippen LogP contribution in [0.4, 0.5) is 5.69 Å². The number of hydrogen-bond acceptors (Lipinski definition) is 6. The molecule has 172 valence electrons. The molecule has 2 aromatic rings. The number of carbonyl (C=O) groups excluding carboxylic acids is 1. The van der Waals surface area contributed by atoms with Crippen LogP contribution in [0.1, 0.15) is 32.4 Å². The van der Waals surface area contributed by atoms with Crippen molar-refractivity contribution in [3.8, 4) is 17.2 Å². The van der Waals surface area contributed by atoms with E-state index in [0.717, 1.165) is 49.0 Å². The molecule has 0 bridgehead atoms. The maximum atomic E-state index is 12.6. The number of piperazine rings is 1. The first-order valence-corrected chi connectivity index (χ1v) is 11.2. The molecule has 7 nitrogen and oxygen atoms in total. The number of nitrogens with one attached hydrogen (secondary N) is 1. The lowest BCUT2D eigenvalue weighted by Gasteiger charge is -2.40. The molecule has 0 aliphatic carbocycles. The Balaban J connectivity index is 1.48. The van der Waals surface area contributed by atoms with Crippen LogP contribution >= 0.6 is 0 Å². The van der Waals surface area contributed by atoms with Crippen LogP contribution in [0.3, 0.4) is 0 Å². The quantitative estimate of drug-likeness (QED) is 0.744. The second-order valence-corrected chi connectivity index (χ2v) is 9.31. The molecular formula is C25H33N3O4. The number of carbonyl (C=O) groups is 1. The molecular weight excluding hydrogens is 406 g/mol. The number of anilines is 1. The largest absolute Gasteiger partial charge is 0.497 e. The topological polar surface area (TPSA) is 63.3 Å². The first-order valence-electron chi connectivity index (χ1n) is 11.2. The van der Waals surface area contributed by atoms with E-state index in [1.165, 1.54) is 5.69 Å². The summed E-state index contributed by atoms with van der Waals surface area (Å²) < 4.78 is 16.4. The standard InChI is InChI=1S/C25H33N3O4/c1-25(2,3)24(29)26-16-21(18-5-10-22-23(15-18)32-17-31-22)28-13-11-27(12-14-28)19-6-8-20(30-4)9-7-19/h5-10,15,21H,11-14,16-17H2,1-4H3,(H,26,29)/t21-/m1/s1. The van der Waals surface area contributed by atoms with Gasteiger partial charge in [-0.25, -0.2) is 0 Å². The number of rotatable bonds is 6. The molecule has 2 heterocycles. The smallest absolute Gasteiger partial charge is 0.231 e. The van der Waals surface area contributed by atoms with Gasteiger partial charge in [0, 0.05) is 43.8 Å². The highest BCUT2D eigenvalue weighted by atomic mass is 16.7. The zero-order chi connectivity index (χ0) is 22.7. The van der Waals surface area contributed by atoms with E-state index in [0.29, 0.717) is 6.54 Å². The van der Waals surface area contributed by atoms with Gasteiger partial charge in [0.05, 0.1) is 13.2 Å². The molecule has 1 N–H and O–H groups in total. The fraction of sp³-hybridized carbons (Fsp3) is 0.480. The summed E-state index contributed by atoms with van der Waals surface area (Å²) in [5.74, 6) is 2.46. The fourth-order valence-corrected chi connectivity index (χ4v) is 4.12. The van der Waals surface area contributed by atoms with Gasteiger partial charge in [-0.1, -0.05) is 26.8 Å². The van der Waals surface area contributed by atoms with Crippen molar-refractivity contribution in [3.05, 3.63) is 48.0 Å². The average molecular weight is 440 g/mol. The monoisotopic (exact) mass is 439 g/mol. The first-order chi connectivity index (χ1) is 15.3. The molecule has 1 amide bonds. The third-order valence-corrected chi connectivity index (χ3v) is 6.11. The highest BCUT2D eigenvalue weighted by Crippen LogP contribution is 2.36. The fourth-order valence-electron chi connectivity index (χ4n) is 4.12. The second kappa shape index (κ2) is 9.28. The van der Waals surface area contributed by atoms with E-state index in [-0.39, 0.29) is 18.7 Å². The number of ether oxygens (including phenoxy) is 3. The summed E-state index contributed by atoms with van der Waals surface area (Å²) in [5.41, 5.74) is 1.90. The molecule has 0 unspecified atom stereocenters. The number of methoxy groups -OCH3 is 1. The number of fused-ring (bicyclic) bond motifs is 1. The molecule has 32 heavy (non-hydrogen) atoms. The molecule has 0 aromatic heterocycles. The summed E-state index contributed by atoms with van der Waals surface area (Å²) in [6.07, 6.45) is 0. The molecule has 2 aromatic carbocycles. The molecule has 4 rings (SSSR count). The number of amides is 1. The minimum absolute atomic E-state index is 0.0557. The first kappa shape index (κ1) is 22.3. The molecule has 1 saturated heterocycles. The van der Waals surface area contributed by atoms with Crippen LogP contribution < -0.4 is 24.4 Å². The van der Waals surface area contributed by atoms with E-state index in [1.54, 1.807) is 7.11 Å². The van der Waals surface area contributed by atoms with Gasteiger partial charge in [-0.05, 0) is 42.0 Å². The Labute approximate surface area is 190 Å². The van der Waals surface area contributed by atoms with Crippen LogP contribution in [0.2, 0.25) is 0 Å². The molecule has 7 heteroatoms. The molecule has 0 saturated carbocycles. The van der Waals surface area contributed by atoms with Gasteiger partial charge in [-0.3, -0.25) is 9.69 Å². The molecule has 1 atom stereocenters. The van der Waals surface area contributed by atoms with Crippen LogP contribution in [0, 0.1) is 5.41 Å². The highest BCUT2D eigenvalue weighted by molar-refractivity contribution is 5.81. The Morgan fingerprint density at radius 3 is 2.38 bits per heavy atom. The van der Waals surface area contributed by atoms with Crippen molar-refractivity contribution in [1.29, 1.82) is 0 Å². The molecule has 2 aliphatic heterocycles. The van der Waals surface area contributed by atoms with Crippen molar-refractivity contribution in [2.75, 3.05) is 51.5 Å². The van der Waals surface area contributed by atoms with Gasteiger partial charge in [-0.15, -0.1) is 0 Å². The second-order valence-electron chi connectivity index (χ2n) is 9.31. The van der Waals surface area contributed by atoms with Gasteiger partial charge in [-0.2, -0.15) is 0 Å². The van der Waals surface area contributed by atoms with Crippen molar-refractivity contribution < 1.29 is 19.0 Å². The van der Waals surface area contributed by atoms with Crippen molar-refractivity contribution >= 4 is 11.6 Å². The lowest BCUT2D eigenvalue weighted by molar-refractivity contribution is -0.128. The number of benzene rings is 2. The van der Waals surface area contributed by atoms with Gasteiger partial charge in [0.15, 0.2) is 11.5 Å². The lowest BCUT2D eigenvalue weighted by Crippen LogP contribution is -2.50. The minimum atomic E-state index is -0.424. The zero-order valence-corrected chi connectivity index (χ0v) is 19.4. The van der Waals surface area contributed by atoms with Crippen molar-refractivity contribution in [2.45, 2.75) is 26.8 Å². The Morgan fingerprint density at radius 2 is 1.72 bits per heavy atom. The Kier molecular flexibility index (Phi) is 6.46. The maximum absolute atomic E-state index is 12.6. The molecule has 2 aliphatic rings. The zero-order valence-electron chi connectivity index (χ0n) is 19.4. The van der Waals surface area contributed by atoms with Gasteiger partial charge in [0.25, 0.3) is 0 Å². The Morgan fingerprint density at radius 1 is 1.03 bits per heavy atom. The van der Waals surface area contributed by atoms with Crippen LogP contribution in [0.25, 0.3) is 0 Å². The Hall–Kier alpha value is -2.93. The van der Waals surface area contributed by atoms with E-state index in [2.05, 4.69) is 33.3 Å². The van der Waals surface area contributed by atoms with Crippen LogP contribution in [-0.4, -0.2) is 57.4 Å². The third kappa shape index (κ3) is 4.93. The van der Waals surface area contributed by atoms with Crippen molar-refractivity contribution in [3.63, 3.8) is 0 Å². The summed E-state index contributed by atoms with van der Waals surface area (Å²) in [6, 6.07) is 14.4. The van der Waals surface area contributed by atoms with Crippen LogP contribution in [-0.2, 0) is 4.79 Å². The highest BCUT2D eigenvalue weighted by Gasteiger charge is 2.29. The van der Waals surface area contributed by atoms with E-state index < -0.39 is 5.41 Å². The van der Waals surface area contributed by atoms with Crippen LogP contribution in [0.15, 0.2) is 42.5 Å². The number of hydrogen-bond donors (Lipinski definition) is 1. The SMILES string of the molecule is COc1ccc(N2CCN([C@H](CNC(=O)C(C)(C)C)c3ccc4c(c3)OCO4)CC2)cc1. The summed E-state index contributed by atoms with van der Waals surface area (Å²) in [6.45, 7) is 10.2. The van der Waals surface area contributed by atoms with Crippen LogP contribution in [0.5, 0.6) is 17.2 Å². The lowest BCUT2D eigenvalue weighted by atomic mass is 9.95. The molecule has 0 spiro atoms. The minimum Gasteiger partial charge on any atom is -0.497 e. The van der Waals surface area contributed by atoms with Gasteiger partial charge < -0.3 is 24.4 Å². The normalized spacial score (nSPS) is 17.2. The summed E-state index contributed by atoms with van der Waals surface area (Å²) in [7, 11) is 1.68. The summed E-state index contributed by atoms with van der Waals surface area (Å²) in [4.78, 5) is 17.4. The van der Waals surface area contributed by atoms with E-state index >= 15 is 0 Å². The van der Waals surface area contributed by atoms with Crippen molar-refractivity contribution in [1.82, 2.24) is 10.2 Å². The summed E-state index contributed by atoms with van der Waals surface area (Å²) >= 11 is 0. The summed E-state index contributed by atoms with van der Waals surface area (Å²) in [5, 5.41) is 3.16. The van der Waals surface area contributed by atoms with E-state index in [1.807, 2.05) is 45.0 Å².